The lowest BCUT2D eigenvalue weighted by molar-refractivity contribution is 0.148. The summed E-state index contributed by atoms with van der Waals surface area (Å²) in [6.45, 7) is 0. The quantitative estimate of drug-likeness (QED) is 0.722. The highest BCUT2D eigenvalue weighted by Gasteiger charge is 2.15. The molecule has 1 N–H and O–H groups in total. The lowest BCUT2D eigenvalue weighted by Gasteiger charge is -2.03. The molecule has 0 aliphatic carbocycles. The smallest absolute Gasteiger partial charge is 0.269 e. The topological polar surface area (TPSA) is 42.1 Å². The molecule has 6 heteroatoms. The van der Waals surface area contributed by atoms with Crippen molar-refractivity contribution < 1.29 is 17.9 Å². The number of hydrogen-bond donors (Lipinski definition) is 1. The van der Waals surface area contributed by atoms with Crippen LogP contribution in [0.3, 0.4) is 0 Å². The van der Waals surface area contributed by atoms with Crippen molar-refractivity contribution in [2.45, 2.75) is 6.43 Å². The molecule has 0 saturated carbocycles. The first kappa shape index (κ1) is 9.63. The Kier molecular flexibility index (Phi) is 2.60. The van der Waals surface area contributed by atoms with Crippen molar-refractivity contribution in [3.63, 3.8) is 0 Å². The monoisotopic (exact) mass is 193 g/mol. The number of nitrogens with one attached hydrogen (secondary N) is 1. The SMILES string of the molecule is COc1cc(C(F)F)c(=O)[nH]c1F. The van der Waals surface area contributed by atoms with Gasteiger partial charge in [0, 0.05) is 0 Å². The van der Waals surface area contributed by atoms with E-state index in [1.807, 2.05) is 0 Å². The van der Waals surface area contributed by atoms with E-state index < -0.39 is 29.2 Å². The fraction of sp³-hybridized carbons (Fsp3) is 0.286. The Labute approximate surface area is 71.2 Å². The van der Waals surface area contributed by atoms with Crippen molar-refractivity contribution >= 4 is 0 Å². The molecule has 0 fully saturated rings. The van der Waals surface area contributed by atoms with Crippen LogP contribution < -0.4 is 10.3 Å². The number of aromatic nitrogens is 1. The summed E-state index contributed by atoms with van der Waals surface area (Å²) in [7, 11) is 1.12. The van der Waals surface area contributed by atoms with Gasteiger partial charge in [0.2, 0.25) is 5.95 Å². The van der Waals surface area contributed by atoms with Crippen molar-refractivity contribution in [3.05, 3.63) is 27.9 Å². The highest BCUT2D eigenvalue weighted by Crippen LogP contribution is 2.20. The molecule has 0 spiro atoms. The molecule has 1 heterocycles. The Hall–Kier alpha value is -1.46. The Bertz CT molecular complexity index is 361. The average Bonchev–Trinajstić information content (AvgIpc) is 2.03. The van der Waals surface area contributed by atoms with Crippen LogP contribution in [-0.4, -0.2) is 12.1 Å². The maximum atomic E-state index is 12.7. The molecule has 0 amide bonds. The number of halogens is 3. The minimum Gasteiger partial charge on any atom is -0.492 e. The van der Waals surface area contributed by atoms with Gasteiger partial charge in [-0.2, -0.15) is 4.39 Å². The summed E-state index contributed by atoms with van der Waals surface area (Å²) in [5.74, 6) is -1.47. The van der Waals surface area contributed by atoms with E-state index in [1.165, 1.54) is 0 Å². The molecule has 1 rings (SSSR count). The molecule has 0 unspecified atom stereocenters. The zero-order valence-electron chi connectivity index (χ0n) is 6.61. The van der Waals surface area contributed by atoms with E-state index in [-0.39, 0.29) is 0 Å². The molecule has 0 radical (unpaired) electrons. The van der Waals surface area contributed by atoms with Crippen molar-refractivity contribution in [2.24, 2.45) is 0 Å². The minimum absolute atomic E-state index is 0.408. The highest BCUT2D eigenvalue weighted by molar-refractivity contribution is 5.25. The Morgan fingerprint density at radius 1 is 1.54 bits per heavy atom. The van der Waals surface area contributed by atoms with E-state index in [0.29, 0.717) is 6.07 Å². The lowest BCUT2D eigenvalue weighted by Crippen LogP contribution is -2.15. The second-order valence-corrected chi connectivity index (χ2v) is 2.24. The summed E-state index contributed by atoms with van der Waals surface area (Å²) in [6, 6.07) is 0.679. The molecule has 0 aliphatic heterocycles. The Balaban J connectivity index is 3.31. The molecule has 72 valence electrons. The van der Waals surface area contributed by atoms with E-state index >= 15 is 0 Å². The molecular weight excluding hydrogens is 187 g/mol. The number of H-pyrrole nitrogens is 1. The van der Waals surface area contributed by atoms with Crippen molar-refractivity contribution in [3.8, 4) is 5.75 Å². The first-order valence-corrected chi connectivity index (χ1v) is 3.31. The molecule has 0 aromatic carbocycles. The van der Waals surface area contributed by atoms with Crippen molar-refractivity contribution in [1.82, 2.24) is 4.98 Å². The van der Waals surface area contributed by atoms with Crippen LogP contribution in [0.4, 0.5) is 13.2 Å². The Morgan fingerprint density at radius 3 is 2.62 bits per heavy atom. The minimum atomic E-state index is -2.95. The molecule has 0 saturated heterocycles. The first-order valence-electron chi connectivity index (χ1n) is 3.31. The third-order valence-electron chi connectivity index (χ3n) is 1.44. The second-order valence-electron chi connectivity index (χ2n) is 2.24. The van der Waals surface area contributed by atoms with Crippen LogP contribution in [0.1, 0.15) is 12.0 Å². The number of hydrogen-bond acceptors (Lipinski definition) is 2. The van der Waals surface area contributed by atoms with Gasteiger partial charge in [-0.1, -0.05) is 0 Å². The average molecular weight is 193 g/mol. The summed E-state index contributed by atoms with van der Waals surface area (Å²) >= 11 is 0. The molecule has 0 atom stereocenters. The normalized spacial score (nSPS) is 10.5. The molecule has 1 aromatic heterocycles. The van der Waals surface area contributed by atoms with Crippen LogP contribution in [0.25, 0.3) is 0 Å². The predicted octanol–water partition coefficient (Wildman–Crippen LogP) is 1.46. The van der Waals surface area contributed by atoms with Crippen LogP contribution in [0.5, 0.6) is 5.75 Å². The van der Waals surface area contributed by atoms with Crippen LogP contribution >= 0.6 is 0 Å². The van der Waals surface area contributed by atoms with Gasteiger partial charge < -0.3 is 4.74 Å². The van der Waals surface area contributed by atoms with E-state index in [1.54, 1.807) is 4.98 Å². The van der Waals surface area contributed by atoms with Gasteiger partial charge in [0.15, 0.2) is 5.75 Å². The first-order chi connectivity index (χ1) is 6.06. The summed E-state index contributed by atoms with van der Waals surface area (Å²) in [5, 5.41) is 0. The fourth-order valence-electron chi connectivity index (χ4n) is 0.814. The zero-order valence-corrected chi connectivity index (χ0v) is 6.61. The van der Waals surface area contributed by atoms with Gasteiger partial charge in [-0.25, -0.2) is 8.78 Å². The van der Waals surface area contributed by atoms with E-state index in [9.17, 15) is 18.0 Å². The van der Waals surface area contributed by atoms with Gasteiger partial charge in [0.05, 0.1) is 12.7 Å². The van der Waals surface area contributed by atoms with Gasteiger partial charge >= 0.3 is 0 Å². The molecule has 0 bridgehead atoms. The van der Waals surface area contributed by atoms with Crippen molar-refractivity contribution in [2.75, 3.05) is 7.11 Å². The maximum Gasteiger partial charge on any atom is 0.269 e. The number of methoxy groups -OCH3 is 1. The number of rotatable bonds is 2. The van der Waals surface area contributed by atoms with Crippen molar-refractivity contribution in [1.29, 1.82) is 0 Å². The maximum absolute atomic E-state index is 12.7. The third kappa shape index (κ3) is 1.82. The van der Waals surface area contributed by atoms with E-state index in [4.69, 9.17) is 0 Å². The van der Waals surface area contributed by atoms with Crippen LogP contribution in [-0.2, 0) is 0 Å². The van der Waals surface area contributed by atoms with Crippen LogP contribution in [0.2, 0.25) is 0 Å². The van der Waals surface area contributed by atoms with Crippen LogP contribution in [0.15, 0.2) is 10.9 Å². The van der Waals surface area contributed by atoms with Crippen LogP contribution in [0, 0.1) is 5.95 Å². The molecular formula is C7H6F3NO2. The second kappa shape index (κ2) is 3.51. The number of alkyl halides is 2. The largest absolute Gasteiger partial charge is 0.492 e. The summed E-state index contributed by atoms with van der Waals surface area (Å²) < 4.78 is 41.2. The van der Waals surface area contributed by atoms with Gasteiger partial charge in [-0.3, -0.25) is 9.78 Å². The standard InChI is InChI=1S/C7H6F3NO2/c1-13-4-2-3(5(8)9)7(12)11-6(4)10/h2,5H,1H3,(H,11,12). The Morgan fingerprint density at radius 2 is 2.15 bits per heavy atom. The molecule has 3 nitrogen and oxygen atoms in total. The van der Waals surface area contributed by atoms with E-state index in [0.717, 1.165) is 7.11 Å². The predicted molar refractivity (Wildman–Crippen MR) is 38.5 cm³/mol. The van der Waals surface area contributed by atoms with Gasteiger partial charge in [0.1, 0.15) is 0 Å². The fourth-order valence-corrected chi connectivity index (χ4v) is 0.814. The third-order valence-corrected chi connectivity index (χ3v) is 1.44. The summed E-state index contributed by atoms with van der Waals surface area (Å²) in [4.78, 5) is 12.3. The number of pyridine rings is 1. The summed E-state index contributed by atoms with van der Waals surface area (Å²) in [6.07, 6.45) is -2.95. The highest BCUT2D eigenvalue weighted by atomic mass is 19.3. The number of ether oxygens (including phenoxy) is 1. The number of aromatic amines is 1. The zero-order chi connectivity index (χ0) is 10.0. The molecule has 13 heavy (non-hydrogen) atoms. The van der Waals surface area contributed by atoms with E-state index in [2.05, 4.69) is 4.74 Å². The van der Waals surface area contributed by atoms with Gasteiger partial charge in [-0.15, -0.1) is 0 Å². The van der Waals surface area contributed by atoms with Gasteiger partial charge in [-0.05, 0) is 6.07 Å². The lowest BCUT2D eigenvalue weighted by atomic mass is 10.3. The summed E-state index contributed by atoms with van der Waals surface area (Å²) in [5.41, 5.74) is -1.95. The van der Waals surface area contributed by atoms with Gasteiger partial charge in [0.25, 0.3) is 12.0 Å². The molecule has 0 aliphatic rings. The molecule has 1 aromatic rings.